The molecule has 0 bridgehead atoms. The number of allylic oxidation sites excluding steroid dienone is 1. The minimum atomic E-state index is -0.458. The molecule has 146 valence electrons. The number of aliphatic hydroxyl groups is 1. The first-order valence-electron chi connectivity index (χ1n) is 7.20. The number of benzene rings is 1. The number of carbonyl (C=O) groups excluding carboxylic acids is 1. The number of hydrogen-bond acceptors (Lipinski definition) is 3. The van der Waals surface area contributed by atoms with E-state index >= 15 is 0 Å². The normalized spacial score (nSPS) is 16.5. The van der Waals surface area contributed by atoms with Gasteiger partial charge in [-0.15, -0.1) is 0 Å². The minimum absolute atomic E-state index is 0. The summed E-state index contributed by atoms with van der Waals surface area (Å²) in [5.74, 6) is 0.523. The van der Waals surface area contributed by atoms with Gasteiger partial charge in [0.05, 0.1) is 6.10 Å². The average Bonchev–Trinajstić information content (AvgIpc) is 2.33. The van der Waals surface area contributed by atoms with Crippen molar-refractivity contribution < 1.29 is 109 Å². The summed E-state index contributed by atoms with van der Waals surface area (Å²) in [6.45, 7) is 11.5. The number of aryl methyl sites for hydroxylation is 2. The zero-order valence-electron chi connectivity index (χ0n) is 16.5. The summed E-state index contributed by atoms with van der Waals surface area (Å²) in [7, 11) is 0. The number of aromatic hydroxyl groups is 1. The summed E-state index contributed by atoms with van der Waals surface area (Å²) in [4.78, 5) is 11.0. The molecule has 4 nitrogen and oxygen atoms in total. The van der Waals surface area contributed by atoms with Gasteiger partial charge in [-0.1, -0.05) is 27.3 Å². The molecule has 0 aliphatic heterocycles. The van der Waals surface area contributed by atoms with E-state index in [-0.39, 0.29) is 120 Å². The molecule has 1 aliphatic rings. The van der Waals surface area contributed by atoms with Crippen LogP contribution in [0.25, 0.3) is 0 Å². The number of phenols is 1. The summed E-state index contributed by atoms with van der Waals surface area (Å²) in [5, 5.41) is 18.9. The summed E-state index contributed by atoms with van der Waals surface area (Å²) in [6, 6.07) is 3.84. The van der Waals surface area contributed by atoms with Gasteiger partial charge >= 0.3 is 0 Å². The number of ketones is 1. The smallest absolute Gasteiger partial charge is 0.156 e. The van der Waals surface area contributed by atoms with Gasteiger partial charge in [0.1, 0.15) is 5.75 Å². The topological polar surface area (TPSA) is 89.0 Å². The quantitative estimate of drug-likeness (QED) is 0.392. The molecule has 0 saturated heterocycles. The third-order valence-corrected chi connectivity index (χ3v) is 3.97. The fourth-order valence-corrected chi connectivity index (χ4v) is 2.56. The number of aliphatic hydroxyl groups excluding tert-OH is 1. The molecule has 0 spiro atoms. The van der Waals surface area contributed by atoms with Gasteiger partial charge in [-0.3, -0.25) is 4.79 Å². The van der Waals surface area contributed by atoms with E-state index < -0.39 is 6.10 Å². The molecule has 1 atom stereocenters. The molecule has 1 aromatic carbocycles. The molecule has 6 heteroatoms. The Balaban J connectivity index is -0.0000000951. The standard InChI is InChI=1S/C9H14O2.C9H12O.CH4.CH3.2Ac.H2O/c1-6-4-7(10)5-9(2,3)8(6)11;1-6-4-7(2)8(3)9(10)5-6;;;;;/h4,8,11H,5H2,1-3H3;4-5,10H,1-3H3;1H4;1H3;;;1H2/q;;;-1;;;. The molecular formula is C20H35Ac2O4-. The Kier molecular flexibility index (Phi) is 23.4. The Morgan fingerprint density at radius 1 is 1.08 bits per heavy atom. The Labute approximate surface area is 231 Å². The van der Waals surface area contributed by atoms with Crippen molar-refractivity contribution in [2.75, 3.05) is 0 Å². The van der Waals surface area contributed by atoms with Crippen molar-refractivity contribution in [2.45, 2.75) is 61.5 Å². The van der Waals surface area contributed by atoms with Crippen LogP contribution in [-0.2, 0) is 4.79 Å². The second kappa shape index (κ2) is 16.1. The van der Waals surface area contributed by atoms with Gasteiger partial charge in [0.15, 0.2) is 5.78 Å². The van der Waals surface area contributed by atoms with Gasteiger partial charge in [0, 0.05) is 100.0 Å². The summed E-state index contributed by atoms with van der Waals surface area (Å²) in [6.07, 6.45) is 1.53. The minimum Gasteiger partial charge on any atom is -0.508 e. The van der Waals surface area contributed by atoms with E-state index in [0.29, 0.717) is 12.2 Å². The van der Waals surface area contributed by atoms with Crippen LogP contribution in [0, 0.1) is 122 Å². The maximum atomic E-state index is 11.0. The first kappa shape index (κ1) is 37.9. The molecule has 1 aromatic rings. The molecule has 4 N–H and O–H groups in total. The van der Waals surface area contributed by atoms with Crippen LogP contribution in [0.15, 0.2) is 23.8 Å². The largest absolute Gasteiger partial charge is 0.508 e. The van der Waals surface area contributed by atoms with Crippen LogP contribution in [0.4, 0.5) is 0 Å². The number of rotatable bonds is 0. The van der Waals surface area contributed by atoms with Crippen molar-refractivity contribution in [1.29, 1.82) is 0 Å². The Bertz CT molecular complexity index is 558. The zero-order valence-corrected chi connectivity index (χ0v) is 26.0. The molecule has 2 radical (unpaired) electrons. The van der Waals surface area contributed by atoms with E-state index in [1.165, 1.54) is 6.08 Å². The van der Waals surface area contributed by atoms with Gasteiger partial charge in [-0.05, 0) is 62.1 Å². The van der Waals surface area contributed by atoms with Gasteiger partial charge in [0.2, 0.25) is 0 Å². The molecule has 2 rings (SSSR count). The van der Waals surface area contributed by atoms with E-state index in [2.05, 4.69) is 6.07 Å². The SMILES string of the molecule is C.CC1=CC(=O)CC(C)(C)C1O.Cc1cc(C)c(C)c(O)c1.O.[Ac].[Ac].[CH3-]. The Hall–Kier alpha value is 1.23. The average molecular weight is 793 g/mol. The third kappa shape index (κ3) is 11.3. The molecule has 0 heterocycles. The van der Waals surface area contributed by atoms with Crippen LogP contribution in [0.2, 0.25) is 0 Å². The van der Waals surface area contributed by atoms with Crippen molar-refractivity contribution in [1.82, 2.24) is 0 Å². The zero-order chi connectivity index (χ0) is 16.4. The van der Waals surface area contributed by atoms with E-state index in [1.807, 2.05) is 34.6 Å². The fraction of sp³-hybridized carbons (Fsp3) is 0.500. The van der Waals surface area contributed by atoms with E-state index in [0.717, 1.165) is 22.3 Å². The predicted octanol–water partition coefficient (Wildman–Crippen LogP) is 3.87. The van der Waals surface area contributed by atoms with Crippen LogP contribution in [-0.4, -0.2) is 27.6 Å². The van der Waals surface area contributed by atoms with Gasteiger partial charge in [-0.2, -0.15) is 0 Å². The Morgan fingerprint density at radius 3 is 1.92 bits per heavy atom. The molecule has 1 aliphatic carbocycles. The molecule has 0 fully saturated rings. The predicted molar refractivity (Wildman–Crippen MR) is 102 cm³/mol. The monoisotopic (exact) mass is 793 g/mol. The summed E-state index contributed by atoms with van der Waals surface area (Å²) < 4.78 is 0. The molecule has 1 unspecified atom stereocenters. The number of phenolic OH excluding ortho intramolecular Hbond substituents is 1. The van der Waals surface area contributed by atoms with E-state index in [9.17, 15) is 15.0 Å². The van der Waals surface area contributed by atoms with Crippen LogP contribution in [0.5, 0.6) is 5.75 Å². The van der Waals surface area contributed by atoms with Crippen molar-refractivity contribution >= 4 is 5.78 Å². The Morgan fingerprint density at radius 2 is 1.54 bits per heavy atom. The van der Waals surface area contributed by atoms with E-state index in [1.54, 1.807) is 13.0 Å². The van der Waals surface area contributed by atoms with Crippen LogP contribution < -0.4 is 0 Å². The first-order chi connectivity index (χ1) is 9.54. The third-order valence-electron chi connectivity index (χ3n) is 3.97. The van der Waals surface area contributed by atoms with Crippen molar-refractivity contribution in [2.24, 2.45) is 5.41 Å². The van der Waals surface area contributed by atoms with Gasteiger partial charge in [0.25, 0.3) is 0 Å². The van der Waals surface area contributed by atoms with Crippen molar-refractivity contribution in [3.8, 4) is 5.75 Å². The van der Waals surface area contributed by atoms with Gasteiger partial charge in [-0.25, -0.2) is 0 Å². The maximum absolute atomic E-state index is 11.0. The molecular weight excluding hydrogens is 758 g/mol. The van der Waals surface area contributed by atoms with Crippen LogP contribution in [0.3, 0.4) is 0 Å². The maximum Gasteiger partial charge on any atom is 0.156 e. The molecule has 0 aromatic heterocycles. The second-order valence-corrected chi connectivity index (χ2v) is 6.65. The number of carbonyl (C=O) groups is 1. The molecule has 0 amide bonds. The molecule has 0 saturated carbocycles. The fourth-order valence-electron chi connectivity index (χ4n) is 2.56. The first-order valence-corrected chi connectivity index (χ1v) is 7.20. The van der Waals surface area contributed by atoms with Crippen molar-refractivity contribution in [3.63, 3.8) is 0 Å². The molecule has 26 heavy (non-hydrogen) atoms. The second-order valence-electron chi connectivity index (χ2n) is 6.65. The van der Waals surface area contributed by atoms with Crippen LogP contribution in [0.1, 0.15) is 51.3 Å². The number of hydrogen-bond donors (Lipinski definition) is 2. The summed E-state index contributed by atoms with van der Waals surface area (Å²) in [5.41, 5.74) is 3.74. The summed E-state index contributed by atoms with van der Waals surface area (Å²) >= 11 is 0. The van der Waals surface area contributed by atoms with Crippen molar-refractivity contribution in [3.05, 3.63) is 47.9 Å². The van der Waals surface area contributed by atoms with E-state index in [4.69, 9.17) is 0 Å². The van der Waals surface area contributed by atoms with Crippen LogP contribution >= 0.6 is 0 Å². The van der Waals surface area contributed by atoms with Gasteiger partial charge < -0.3 is 23.1 Å².